The van der Waals surface area contributed by atoms with Crippen molar-refractivity contribution in [1.29, 1.82) is 0 Å². The van der Waals surface area contributed by atoms with Gasteiger partial charge in [0, 0.05) is 44.4 Å². The Bertz CT molecular complexity index is 1350. The molecule has 9 heteroatoms. The number of sulfonamides is 1. The van der Waals surface area contributed by atoms with Gasteiger partial charge in [-0.3, -0.25) is 9.48 Å². The summed E-state index contributed by atoms with van der Waals surface area (Å²) in [5.74, 6) is -0.719. The lowest BCUT2D eigenvalue weighted by Crippen LogP contribution is -2.37. The summed E-state index contributed by atoms with van der Waals surface area (Å²) in [6.45, 7) is 0.659. The van der Waals surface area contributed by atoms with Crippen LogP contribution in [0.15, 0.2) is 47.4 Å². The maximum atomic E-state index is 13.5. The molecule has 0 spiro atoms. The SMILES string of the molecule is Cn1nc(C(=O)NCc2ccc(F)cc2)c2c1CCN(S(=O)(=O)c1ccc3c(c1)CCCC3)C2. The van der Waals surface area contributed by atoms with E-state index in [9.17, 15) is 17.6 Å². The molecule has 2 heterocycles. The van der Waals surface area contributed by atoms with E-state index in [-0.39, 0.29) is 30.5 Å². The van der Waals surface area contributed by atoms with E-state index in [1.807, 2.05) is 12.1 Å². The molecule has 1 N–H and O–H groups in total. The Labute approximate surface area is 198 Å². The van der Waals surface area contributed by atoms with E-state index in [1.54, 1.807) is 29.9 Å². The number of nitrogens with one attached hydrogen (secondary N) is 1. The molecule has 1 aliphatic carbocycles. The van der Waals surface area contributed by atoms with E-state index in [0.717, 1.165) is 42.5 Å². The third kappa shape index (κ3) is 4.25. The summed E-state index contributed by atoms with van der Waals surface area (Å²) in [6, 6.07) is 11.4. The van der Waals surface area contributed by atoms with E-state index in [4.69, 9.17) is 0 Å². The summed E-state index contributed by atoms with van der Waals surface area (Å²) >= 11 is 0. The number of hydrogen-bond donors (Lipinski definition) is 1. The zero-order valence-corrected chi connectivity index (χ0v) is 19.9. The van der Waals surface area contributed by atoms with Gasteiger partial charge in [-0.15, -0.1) is 0 Å². The third-order valence-electron chi connectivity index (χ3n) is 6.75. The summed E-state index contributed by atoms with van der Waals surface area (Å²) in [7, 11) is -1.93. The van der Waals surface area contributed by atoms with Gasteiger partial charge in [0.25, 0.3) is 5.91 Å². The van der Waals surface area contributed by atoms with Crippen LogP contribution in [0.4, 0.5) is 4.39 Å². The van der Waals surface area contributed by atoms with Crippen LogP contribution in [0.5, 0.6) is 0 Å². The van der Waals surface area contributed by atoms with Crippen LogP contribution in [0, 0.1) is 5.82 Å². The van der Waals surface area contributed by atoms with Crippen molar-refractivity contribution in [3.63, 3.8) is 0 Å². The molecule has 0 radical (unpaired) electrons. The fraction of sp³-hybridized carbons (Fsp3) is 0.360. The average molecular weight is 483 g/mol. The highest BCUT2D eigenvalue weighted by Gasteiger charge is 2.34. The second-order valence-electron chi connectivity index (χ2n) is 8.93. The van der Waals surface area contributed by atoms with Crippen molar-refractivity contribution in [2.45, 2.75) is 50.1 Å². The summed E-state index contributed by atoms with van der Waals surface area (Å²) in [4.78, 5) is 13.2. The molecule has 0 unspecified atom stereocenters. The first-order chi connectivity index (χ1) is 16.3. The monoisotopic (exact) mass is 482 g/mol. The van der Waals surface area contributed by atoms with Crippen molar-refractivity contribution in [2.75, 3.05) is 6.54 Å². The number of benzene rings is 2. The summed E-state index contributed by atoms with van der Waals surface area (Å²) in [5.41, 5.74) is 4.84. The number of carbonyl (C=O) groups excluding carboxylic acids is 1. The number of halogens is 1. The zero-order valence-electron chi connectivity index (χ0n) is 19.1. The molecule has 0 fully saturated rings. The summed E-state index contributed by atoms with van der Waals surface area (Å²) in [6.07, 6.45) is 4.60. The van der Waals surface area contributed by atoms with Crippen LogP contribution in [0.25, 0.3) is 0 Å². The molecule has 178 valence electrons. The Morgan fingerprint density at radius 1 is 1.06 bits per heavy atom. The minimum absolute atomic E-state index is 0.0991. The number of aryl methyl sites for hydroxylation is 3. The normalized spacial score (nSPS) is 16.1. The van der Waals surface area contributed by atoms with Gasteiger partial charge in [-0.25, -0.2) is 12.8 Å². The number of fused-ring (bicyclic) bond motifs is 2. The van der Waals surface area contributed by atoms with E-state index in [0.29, 0.717) is 23.4 Å². The Morgan fingerprint density at radius 3 is 2.56 bits per heavy atom. The summed E-state index contributed by atoms with van der Waals surface area (Å²) < 4.78 is 43.2. The molecule has 7 nitrogen and oxygen atoms in total. The quantitative estimate of drug-likeness (QED) is 0.606. The molecule has 3 aromatic rings. The first-order valence-electron chi connectivity index (χ1n) is 11.5. The van der Waals surface area contributed by atoms with Crippen LogP contribution in [0.2, 0.25) is 0 Å². The number of carbonyl (C=O) groups is 1. The molecule has 0 saturated heterocycles. The second-order valence-corrected chi connectivity index (χ2v) is 10.9. The van der Waals surface area contributed by atoms with Crippen LogP contribution < -0.4 is 5.32 Å². The number of nitrogens with zero attached hydrogens (tertiary/aromatic N) is 3. The van der Waals surface area contributed by atoms with Crippen LogP contribution >= 0.6 is 0 Å². The van der Waals surface area contributed by atoms with E-state index in [2.05, 4.69) is 10.4 Å². The van der Waals surface area contributed by atoms with Crippen LogP contribution in [-0.2, 0) is 49.4 Å². The second kappa shape index (κ2) is 8.96. The van der Waals surface area contributed by atoms with Crippen LogP contribution in [0.3, 0.4) is 0 Å². The van der Waals surface area contributed by atoms with Gasteiger partial charge < -0.3 is 5.32 Å². The molecule has 2 aromatic carbocycles. The minimum Gasteiger partial charge on any atom is -0.347 e. The lowest BCUT2D eigenvalue weighted by molar-refractivity contribution is 0.0943. The number of amides is 1. The molecule has 5 rings (SSSR count). The predicted molar refractivity (Wildman–Crippen MR) is 125 cm³/mol. The van der Waals surface area contributed by atoms with E-state index >= 15 is 0 Å². The fourth-order valence-electron chi connectivity index (χ4n) is 4.84. The molecular weight excluding hydrogens is 455 g/mol. The third-order valence-corrected chi connectivity index (χ3v) is 8.59. The van der Waals surface area contributed by atoms with E-state index in [1.165, 1.54) is 22.0 Å². The van der Waals surface area contributed by atoms with Crippen LogP contribution in [0.1, 0.15) is 51.3 Å². The van der Waals surface area contributed by atoms with Crippen molar-refractivity contribution in [2.24, 2.45) is 7.05 Å². The van der Waals surface area contributed by atoms with Gasteiger partial charge in [0.1, 0.15) is 5.82 Å². The van der Waals surface area contributed by atoms with Gasteiger partial charge in [0.15, 0.2) is 5.69 Å². The van der Waals surface area contributed by atoms with Gasteiger partial charge in [-0.1, -0.05) is 18.2 Å². The fourth-order valence-corrected chi connectivity index (χ4v) is 6.30. The first kappa shape index (κ1) is 22.7. The molecular formula is C25H27FN4O3S. The van der Waals surface area contributed by atoms with E-state index < -0.39 is 10.0 Å². The van der Waals surface area contributed by atoms with Crippen molar-refractivity contribution < 1.29 is 17.6 Å². The topological polar surface area (TPSA) is 84.3 Å². The molecule has 0 atom stereocenters. The Morgan fingerprint density at radius 2 is 1.79 bits per heavy atom. The molecule has 34 heavy (non-hydrogen) atoms. The Hall–Kier alpha value is -3.04. The molecule has 0 saturated carbocycles. The molecule has 1 amide bonds. The Kier molecular flexibility index (Phi) is 5.99. The van der Waals surface area contributed by atoms with Gasteiger partial charge >= 0.3 is 0 Å². The largest absolute Gasteiger partial charge is 0.347 e. The van der Waals surface area contributed by atoms with Gasteiger partial charge in [-0.05, 0) is 66.6 Å². The zero-order chi connectivity index (χ0) is 23.9. The standard InChI is InChI=1S/C25H27FN4O3S/c1-29-23-12-13-30(34(32,33)21-11-8-18-4-2-3-5-19(18)14-21)16-22(23)24(28-29)25(31)27-15-17-6-9-20(26)10-7-17/h6-11,14H,2-5,12-13,15-16H2,1H3,(H,27,31). The lowest BCUT2D eigenvalue weighted by atomic mass is 9.92. The molecule has 1 aliphatic heterocycles. The minimum atomic E-state index is -3.70. The molecule has 1 aromatic heterocycles. The van der Waals surface area contributed by atoms with Gasteiger partial charge in [-0.2, -0.15) is 9.40 Å². The summed E-state index contributed by atoms with van der Waals surface area (Å²) in [5, 5.41) is 7.20. The number of hydrogen-bond acceptors (Lipinski definition) is 4. The predicted octanol–water partition coefficient (Wildman–Crippen LogP) is 3.12. The number of rotatable bonds is 5. The van der Waals surface area contributed by atoms with Crippen molar-refractivity contribution >= 4 is 15.9 Å². The van der Waals surface area contributed by atoms with Crippen molar-refractivity contribution in [1.82, 2.24) is 19.4 Å². The van der Waals surface area contributed by atoms with Crippen molar-refractivity contribution in [3.8, 4) is 0 Å². The maximum Gasteiger partial charge on any atom is 0.272 e. The lowest BCUT2D eigenvalue weighted by Gasteiger charge is -2.27. The van der Waals surface area contributed by atoms with Gasteiger partial charge in [0.05, 0.1) is 4.90 Å². The van der Waals surface area contributed by atoms with Crippen LogP contribution in [-0.4, -0.2) is 35.0 Å². The smallest absolute Gasteiger partial charge is 0.272 e. The van der Waals surface area contributed by atoms with Gasteiger partial charge in [0.2, 0.25) is 10.0 Å². The first-order valence-corrected chi connectivity index (χ1v) is 13.0. The number of aromatic nitrogens is 2. The highest BCUT2D eigenvalue weighted by molar-refractivity contribution is 7.89. The molecule has 0 bridgehead atoms. The Balaban J connectivity index is 1.37. The molecule has 2 aliphatic rings. The maximum absolute atomic E-state index is 13.5. The average Bonchev–Trinajstić information content (AvgIpc) is 3.19. The highest BCUT2D eigenvalue weighted by atomic mass is 32.2. The highest BCUT2D eigenvalue weighted by Crippen LogP contribution is 2.30. The van der Waals surface area contributed by atoms with Crippen molar-refractivity contribution in [3.05, 3.63) is 81.9 Å².